The van der Waals surface area contributed by atoms with E-state index in [1.165, 1.54) is 0 Å². The van der Waals surface area contributed by atoms with Crippen LogP contribution in [0.5, 0.6) is 0 Å². The third kappa shape index (κ3) is 4.51. The monoisotopic (exact) mass is 390 g/mol. The van der Waals surface area contributed by atoms with Crippen molar-refractivity contribution in [2.24, 2.45) is 11.8 Å². The van der Waals surface area contributed by atoms with Gasteiger partial charge in [-0.1, -0.05) is 0 Å². The molecule has 4 rings (SSSR count). The van der Waals surface area contributed by atoms with E-state index in [1.54, 1.807) is 17.5 Å². The van der Waals surface area contributed by atoms with E-state index in [0.717, 1.165) is 69.7 Å². The summed E-state index contributed by atoms with van der Waals surface area (Å²) in [5.74, 6) is 1.04. The second-order valence-corrected chi connectivity index (χ2v) is 9.26. The first-order chi connectivity index (χ1) is 13.1. The van der Waals surface area contributed by atoms with Crippen LogP contribution in [0.2, 0.25) is 0 Å². The Balaban J connectivity index is 1.27. The molecule has 3 aliphatic rings. The minimum Gasteiger partial charge on any atom is -0.342 e. The lowest BCUT2D eigenvalue weighted by Crippen LogP contribution is -2.51. The molecule has 0 N–H and O–H groups in total. The van der Waals surface area contributed by atoms with Crippen LogP contribution in [0.1, 0.15) is 43.5 Å². The summed E-state index contributed by atoms with van der Waals surface area (Å²) < 4.78 is 0. The number of carbonyl (C=O) groups is 2. The molecular formula is C20H30N4O2S. The first-order valence-electron chi connectivity index (χ1n) is 10.3. The molecule has 3 heterocycles. The minimum absolute atomic E-state index is 0.0924. The molecule has 148 valence electrons. The van der Waals surface area contributed by atoms with Gasteiger partial charge in [0, 0.05) is 50.2 Å². The van der Waals surface area contributed by atoms with Crippen molar-refractivity contribution >= 4 is 23.2 Å². The fourth-order valence-electron chi connectivity index (χ4n) is 4.50. The molecule has 0 radical (unpaired) electrons. The van der Waals surface area contributed by atoms with E-state index in [9.17, 15) is 9.59 Å². The van der Waals surface area contributed by atoms with E-state index < -0.39 is 0 Å². The third-order valence-electron chi connectivity index (χ3n) is 6.25. The number of carbonyl (C=O) groups excluding carboxylic acids is 2. The summed E-state index contributed by atoms with van der Waals surface area (Å²) in [6.07, 6.45) is 8.13. The predicted molar refractivity (Wildman–Crippen MR) is 105 cm³/mol. The summed E-state index contributed by atoms with van der Waals surface area (Å²) in [4.78, 5) is 35.9. The van der Waals surface area contributed by atoms with Crippen molar-refractivity contribution < 1.29 is 9.59 Å². The summed E-state index contributed by atoms with van der Waals surface area (Å²) in [5, 5.41) is 2.95. The minimum atomic E-state index is 0.0924. The predicted octanol–water partition coefficient (Wildman–Crippen LogP) is 2.21. The normalized spacial score (nSPS) is 24.8. The van der Waals surface area contributed by atoms with Crippen LogP contribution >= 0.6 is 11.3 Å². The Bertz CT molecular complexity index is 653. The Morgan fingerprint density at radius 3 is 2.59 bits per heavy atom. The van der Waals surface area contributed by atoms with Gasteiger partial charge in [-0.15, -0.1) is 11.3 Å². The number of piperidine rings is 2. The fraction of sp³-hybridized carbons (Fsp3) is 0.750. The van der Waals surface area contributed by atoms with Crippen molar-refractivity contribution in [2.45, 2.75) is 51.1 Å². The van der Waals surface area contributed by atoms with Crippen LogP contribution in [0.15, 0.2) is 11.6 Å². The van der Waals surface area contributed by atoms with Crippen LogP contribution < -0.4 is 0 Å². The molecule has 1 aromatic heterocycles. The molecule has 1 saturated carbocycles. The van der Waals surface area contributed by atoms with Gasteiger partial charge >= 0.3 is 0 Å². The van der Waals surface area contributed by atoms with Gasteiger partial charge in [-0.05, 0) is 45.1 Å². The Kier molecular flexibility index (Phi) is 5.78. The zero-order valence-electron chi connectivity index (χ0n) is 16.2. The molecule has 2 saturated heterocycles. The van der Waals surface area contributed by atoms with Crippen molar-refractivity contribution in [3.63, 3.8) is 0 Å². The summed E-state index contributed by atoms with van der Waals surface area (Å²) in [6.45, 7) is 4.33. The summed E-state index contributed by atoms with van der Waals surface area (Å²) in [6, 6.07) is 0.521. The van der Waals surface area contributed by atoms with Crippen LogP contribution in [0, 0.1) is 11.8 Å². The Labute approximate surface area is 165 Å². The largest absolute Gasteiger partial charge is 0.342 e. The maximum absolute atomic E-state index is 12.9. The van der Waals surface area contributed by atoms with Crippen molar-refractivity contribution in [3.8, 4) is 0 Å². The van der Waals surface area contributed by atoms with Crippen LogP contribution in [0.4, 0.5) is 0 Å². The number of aromatic nitrogens is 1. The van der Waals surface area contributed by atoms with Gasteiger partial charge in [0.1, 0.15) is 5.01 Å². The molecule has 7 heteroatoms. The fourth-order valence-corrected chi connectivity index (χ4v) is 5.17. The molecule has 1 aliphatic carbocycles. The highest BCUT2D eigenvalue weighted by Gasteiger charge is 2.37. The lowest BCUT2D eigenvalue weighted by atomic mass is 9.93. The molecule has 0 aromatic carbocycles. The molecule has 0 spiro atoms. The molecule has 2 amide bonds. The Morgan fingerprint density at radius 2 is 1.93 bits per heavy atom. The standard InChI is InChI=1S/C20H30N4O2S/c1-22(14-18-21-8-12-27-18)19(25)16-3-2-9-24(13-16)17-6-10-23(11-7-17)20(26)15-4-5-15/h8,12,15-17H,2-7,9-11,13-14H2,1H3/t16-/m1/s1. The second-order valence-electron chi connectivity index (χ2n) is 8.28. The topological polar surface area (TPSA) is 56.8 Å². The Morgan fingerprint density at radius 1 is 1.15 bits per heavy atom. The number of nitrogens with zero attached hydrogens (tertiary/aromatic N) is 4. The number of amides is 2. The smallest absolute Gasteiger partial charge is 0.227 e. The van der Waals surface area contributed by atoms with Crippen LogP contribution in [0.25, 0.3) is 0 Å². The van der Waals surface area contributed by atoms with E-state index in [4.69, 9.17) is 0 Å². The number of thiazole rings is 1. The van der Waals surface area contributed by atoms with Crippen molar-refractivity contribution in [1.82, 2.24) is 19.7 Å². The molecule has 0 unspecified atom stereocenters. The van der Waals surface area contributed by atoms with Gasteiger partial charge in [-0.25, -0.2) is 4.98 Å². The van der Waals surface area contributed by atoms with Gasteiger partial charge in [0.05, 0.1) is 12.5 Å². The van der Waals surface area contributed by atoms with E-state index >= 15 is 0 Å². The first-order valence-corrected chi connectivity index (χ1v) is 11.2. The lowest BCUT2D eigenvalue weighted by molar-refractivity contribution is -0.137. The molecule has 1 aromatic rings. The maximum Gasteiger partial charge on any atom is 0.227 e. The molecule has 1 atom stereocenters. The average molecular weight is 391 g/mol. The maximum atomic E-state index is 12.9. The molecule has 0 bridgehead atoms. The van der Waals surface area contributed by atoms with E-state index in [1.807, 2.05) is 17.3 Å². The molecule has 6 nitrogen and oxygen atoms in total. The number of hydrogen-bond acceptors (Lipinski definition) is 5. The van der Waals surface area contributed by atoms with Crippen molar-refractivity contribution in [2.75, 3.05) is 33.2 Å². The lowest BCUT2D eigenvalue weighted by Gasteiger charge is -2.42. The van der Waals surface area contributed by atoms with Crippen LogP contribution in [-0.4, -0.2) is 70.8 Å². The van der Waals surface area contributed by atoms with Gasteiger partial charge in [0.2, 0.25) is 11.8 Å². The van der Waals surface area contributed by atoms with Gasteiger partial charge < -0.3 is 9.80 Å². The molecular weight excluding hydrogens is 360 g/mol. The quantitative estimate of drug-likeness (QED) is 0.774. The van der Waals surface area contributed by atoms with Gasteiger partial charge in [-0.3, -0.25) is 14.5 Å². The van der Waals surface area contributed by atoms with E-state index in [2.05, 4.69) is 14.8 Å². The van der Waals surface area contributed by atoms with Gasteiger partial charge in [0.15, 0.2) is 0 Å². The van der Waals surface area contributed by atoms with Crippen molar-refractivity contribution in [3.05, 3.63) is 16.6 Å². The summed E-state index contributed by atoms with van der Waals surface area (Å²) in [5.41, 5.74) is 0. The first kappa shape index (κ1) is 18.9. The number of rotatable bonds is 5. The van der Waals surface area contributed by atoms with E-state index in [0.29, 0.717) is 24.4 Å². The highest BCUT2D eigenvalue weighted by molar-refractivity contribution is 7.09. The average Bonchev–Trinajstić information content (AvgIpc) is 3.44. The number of hydrogen-bond donors (Lipinski definition) is 0. The molecule has 27 heavy (non-hydrogen) atoms. The van der Waals surface area contributed by atoms with Gasteiger partial charge in [-0.2, -0.15) is 0 Å². The summed E-state index contributed by atoms with van der Waals surface area (Å²) >= 11 is 1.60. The van der Waals surface area contributed by atoms with Crippen LogP contribution in [0.3, 0.4) is 0 Å². The highest BCUT2D eigenvalue weighted by atomic mass is 32.1. The SMILES string of the molecule is CN(Cc1nccs1)C(=O)[C@@H]1CCCN(C2CCN(C(=O)C3CC3)CC2)C1. The number of likely N-dealkylation sites (tertiary alicyclic amines) is 2. The third-order valence-corrected chi connectivity index (χ3v) is 7.02. The zero-order chi connectivity index (χ0) is 18.8. The zero-order valence-corrected chi connectivity index (χ0v) is 17.0. The molecule has 2 aliphatic heterocycles. The second kappa shape index (κ2) is 8.27. The Hall–Kier alpha value is -1.47. The van der Waals surface area contributed by atoms with E-state index in [-0.39, 0.29) is 11.8 Å². The summed E-state index contributed by atoms with van der Waals surface area (Å²) in [7, 11) is 1.89. The highest BCUT2D eigenvalue weighted by Crippen LogP contribution is 2.33. The van der Waals surface area contributed by atoms with Crippen molar-refractivity contribution in [1.29, 1.82) is 0 Å². The van der Waals surface area contributed by atoms with Gasteiger partial charge in [0.25, 0.3) is 0 Å². The van der Waals surface area contributed by atoms with Crippen LogP contribution in [-0.2, 0) is 16.1 Å². The molecule has 3 fully saturated rings.